The van der Waals surface area contributed by atoms with E-state index in [0.29, 0.717) is 8.95 Å². The molecule has 0 radical (unpaired) electrons. The quantitative estimate of drug-likeness (QED) is 0.166. The summed E-state index contributed by atoms with van der Waals surface area (Å²) in [5.41, 5.74) is -0.473. The highest BCUT2D eigenvalue weighted by Crippen LogP contribution is 2.42. The molecule has 1 aromatic carbocycles. The summed E-state index contributed by atoms with van der Waals surface area (Å²) in [4.78, 5) is 24.3. The van der Waals surface area contributed by atoms with Crippen molar-refractivity contribution >= 4 is 75.7 Å². The molecule has 0 heterocycles. The number of carboxylic acids is 1. The summed E-state index contributed by atoms with van der Waals surface area (Å²) >= 11 is 12.9. The molecule has 26 heavy (non-hydrogen) atoms. The number of esters is 1. The number of halogens is 4. The summed E-state index contributed by atoms with van der Waals surface area (Å²) in [5, 5.41) is 28.0. The summed E-state index contributed by atoms with van der Waals surface area (Å²) in [5.74, 6) is -2.23. The van der Waals surface area contributed by atoms with E-state index in [0.717, 1.165) is 0 Å². The fraction of sp³-hybridized carbons (Fsp3) is 0.467. The van der Waals surface area contributed by atoms with Crippen molar-refractivity contribution in [2.45, 2.75) is 25.6 Å². The van der Waals surface area contributed by atoms with Crippen LogP contribution in [0.25, 0.3) is 0 Å². The Morgan fingerprint density at radius 1 is 1.00 bits per heavy atom. The first-order valence-corrected chi connectivity index (χ1v) is 10.5. The standard InChI is InChI=1S/C15H16Br4O7/c1-6(21)7(2-4-25-5-3-20)26-15(24)9-8(14(22)23)10(16)12(18)13(19)11(9)17/h6-7,20-21H,2-5H2,1H3,(H,22,23). The van der Waals surface area contributed by atoms with Crippen LogP contribution in [-0.4, -0.2) is 59.3 Å². The number of carboxylic acid groups (broad SMARTS) is 1. The number of ether oxygens (including phenoxy) is 2. The maximum atomic E-state index is 12.6. The van der Waals surface area contributed by atoms with E-state index >= 15 is 0 Å². The van der Waals surface area contributed by atoms with Gasteiger partial charge in [-0.2, -0.15) is 0 Å². The van der Waals surface area contributed by atoms with Gasteiger partial charge in [-0.1, -0.05) is 0 Å². The van der Waals surface area contributed by atoms with Gasteiger partial charge in [-0.25, -0.2) is 9.59 Å². The molecule has 0 aromatic heterocycles. The zero-order valence-corrected chi connectivity index (χ0v) is 19.8. The number of hydrogen-bond donors (Lipinski definition) is 3. The van der Waals surface area contributed by atoms with E-state index in [1.807, 2.05) is 0 Å². The molecule has 2 atom stereocenters. The Bertz CT molecular complexity index is 679. The Morgan fingerprint density at radius 3 is 2.00 bits per heavy atom. The monoisotopic (exact) mass is 624 g/mol. The van der Waals surface area contributed by atoms with Gasteiger partial charge in [-0.05, 0) is 70.6 Å². The predicted molar refractivity (Wildman–Crippen MR) is 108 cm³/mol. The average Bonchev–Trinajstić information content (AvgIpc) is 2.57. The van der Waals surface area contributed by atoms with Crippen LogP contribution in [0.5, 0.6) is 0 Å². The molecule has 7 nitrogen and oxygen atoms in total. The molecule has 0 fully saturated rings. The van der Waals surface area contributed by atoms with E-state index in [1.165, 1.54) is 6.92 Å². The number of benzene rings is 1. The van der Waals surface area contributed by atoms with E-state index in [-0.39, 0.29) is 46.3 Å². The maximum absolute atomic E-state index is 12.6. The van der Waals surface area contributed by atoms with Crippen LogP contribution in [-0.2, 0) is 9.47 Å². The van der Waals surface area contributed by atoms with Crippen LogP contribution in [0.2, 0.25) is 0 Å². The smallest absolute Gasteiger partial charge is 0.340 e. The number of carbonyl (C=O) groups is 2. The van der Waals surface area contributed by atoms with Gasteiger partial charge in [0, 0.05) is 24.3 Å². The van der Waals surface area contributed by atoms with Crippen LogP contribution in [0, 0.1) is 0 Å². The molecule has 11 heteroatoms. The van der Waals surface area contributed by atoms with Crippen LogP contribution >= 0.6 is 63.7 Å². The molecule has 1 rings (SSSR count). The highest BCUT2D eigenvalue weighted by Gasteiger charge is 2.31. The van der Waals surface area contributed by atoms with Crippen molar-refractivity contribution in [1.29, 1.82) is 0 Å². The fourth-order valence-corrected chi connectivity index (χ4v) is 4.43. The van der Waals surface area contributed by atoms with E-state index in [9.17, 15) is 19.8 Å². The minimum atomic E-state index is -1.32. The number of hydrogen-bond acceptors (Lipinski definition) is 6. The van der Waals surface area contributed by atoms with Gasteiger partial charge in [0.15, 0.2) is 0 Å². The largest absolute Gasteiger partial charge is 0.478 e. The molecule has 0 aliphatic rings. The molecule has 2 unspecified atom stereocenters. The van der Waals surface area contributed by atoms with Gasteiger partial charge in [-0.15, -0.1) is 0 Å². The summed E-state index contributed by atoms with van der Waals surface area (Å²) in [6.45, 7) is 1.59. The van der Waals surface area contributed by atoms with E-state index < -0.39 is 24.1 Å². The summed E-state index contributed by atoms with van der Waals surface area (Å²) in [7, 11) is 0. The second-order valence-corrected chi connectivity index (χ2v) is 8.29. The molecule has 146 valence electrons. The van der Waals surface area contributed by atoms with Crippen molar-refractivity contribution in [3.63, 3.8) is 0 Å². The van der Waals surface area contributed by atoms with Gasteiger partial charge in [0.25, 0.3) is 0 Å². The number of aliphatic hydroxyl groups is 2. The van der Waals surface area contributed by atoms with Crippen molar-refractivity contribution in [2.24, 2.45) is 0 Å². The molecular formula is C15H16Br4O7. The highest BCUT2D eigenvalue weighted by molar-refractivity contribution is 9.15. The molecule has 0 amide bonds. The maximum Gasteiger partial charge on any atom is 0.340 e. The van der Waals surface area contributed by atoms with Gasteiger partial charge < -0.3 is 24.8 Å². The lowest BCUT2D eigenvalue weighted by Crippen LogP contribution is -2.31. The SMILES string of the molecule is CC(O)C(CCOCCO)OC(=O)c1c(Br)c(Br)c(Br)c(Br)c1C(=O)O. The fourth-order valence-electron chi connectivity index (χ4n) is 1.99. The second-order valence-electron chi connectivity index (χ2n) is 5.12. The van der Waals surface area contributed by atoms with Gasteiger partial charge in [-0.3, -0.25) is 0 Å². The lowest BCUT2D eigenvalue weighted by atomic mass is 10.1. The lowest BCUT2D eigenvalue weighted by Gasteiger charge is -2.22. The normalized spacial score (nSPS) is 13.3. The lowest BCUT2D eigenvalue weighted by molar-refractivity contribution is -0.0280. The first kappa shape index (κ1) is 24.0. The van der Waals surface area contributed by atoms with Crippen LogP contribution in [0.15, 0.2) is 17.9 Å². The molecule has 0 bridgehead atoms. The Balaban J connectivity index is 3.17. The van der Waals surface area contributed by atoms with Gasteiger partial charge >= 0.3 is 11.9 Å². The molecule has 0 aliphatic carbocycles. The molecule has 0 saturated carbocycles. The number of aromatic carboxylic acids is 1. The minimum absolute atomic E-state index is 0.127. The summed E-state index contributed by atoms with van der Waals surface area (Å²) in [6, 6.07) is 0. The molecule has 0 saturated heterocycles. The predicted octanol–water partition coefficient (Wildman–Crippen LogP) is 3.74. The minimum Gasteiger partial charge on any atom is -0.478 e. The van der Waals surface area contributed by atoms with E-state index in [4.69, 9.17) is 14.6 Å². The van der Waals surface area contributed by atoms with Crippen molar-refractivity contribution < 1.29 is 34.4 Å². The third-order valence-corrected chi connectivity index (χ3v) is 8.03. The number of rotatable bonds is 9. The third-order valence-electron chi connectivity index (χ3n) is 3.26. The van der Waals surface area contributed by atoms with Gasteiger partial charge in [0.05, 0.1) is 37.1 Å². The van der Waals surface area contributed by atoms with Crippen molar-refractivity contribution in [2.75, 3.05) is 19.8 Å². The zero-order chi connectivity index (χ0) is 20.0. The molecule has 0 spiro atoms. The number of carbonyl (C=O) groups excluding carboxylic acids is 1. The van der Waals surface area contributed by atoms with E-state index in [1.54, 1.807) is 0 Å². The van der Waals surface area contributed by atoms with Crippen molar-refractivity contribution in [1.82, 2.24) is 0 Å². The first-order chi connectivity index (χ1) is 12.1. The van der Waals surface area contributed by atoms with Gasteiger partial charge in [0.2, 0.25) is 0 Å². The molecule has 0 aliphatic heterocycles. The molecule has 3 N–H and O–H groups in total. The number of aliphatic hydroxyl groups excluding tert-OH is 2. The zero-order valence-electron chi connectivity index (χ0n) is 13.5. The van der Waals surface area contributed by atoms with Crippen LogP contribution in [0.4, 0.5) is 0 Å². The van der Waals surface area contributed by atoms with E-state index in [2.05, 4.69) is 63.7 Å². The van der Waals surface area contributed by atoms with Crippen LogP contribution in [0.1, 0.15) is 34.1 Å². The van der Waals surface area contributed by atoms with Crippen LogP contribution < -0.4 is 0 Å². The Labute approximate surface area is 183 Å². The second kappa shape index (κ2) is 11.1. The van der Waals surface area contributed by atoms with Crippen LogP contribution in [0.3, 0.4) is 0 Å². The Morgan fingerprint density at radius 2 is 1.54 bits per heavy atom. The third kappa shape index (κ3) is 5.98. The van der Waals surface area contributed by atoms with Crippen molar-refractivity contribution in [3.05, 3.63) is 29.0 Å². The summed E-state index contributed by atoms with van der Waals surface area (Å²) < 4.78 is 11.7. The highest BCUT2D eigenvalue weighted by atomic mass is 79.9. The topological polar surface area (TPSA) is 113 Å². The Kier molecular flexibility index (Phi) is 10.2. The van der Waals surface area contributed by atoms with Crippen molar-refractivity contribution in [3.8, 4) is 0 Å². The van der Waals surface area contributed by atoms with Gasteiger partial charge in [0.1, 0.15) is 6.10 Å². The average molecular weight is 628 g/mol. The Hall–Kier alpha value is -0.0400. The summed E-state index contributed by atoms with van der Waals surface area (Å²) in [6.07, 6.45) is -1.72. The molecular weight excluding hydrogens is 612 g/mol. The first-order valence-electron chi connectivity index (χ1n) is 7.30. The molecule has 1 aromatic rings.